The second kappa shape index (κ2) is 8.37. The summed E-state index contributed by atoms with van der Waals surface area (Å²) >= 11 is 1.50. The zero-order valence-electron chi connectivity index (χ0n) is 13.2. The summed E-state index contributed by atoms with van der Waals surface area (Å²) in [6.45, 7) is 0.606. The number of benzene rings is 1. The standard InChI is InChI=1S/C15H18N4O4S/c1-23-13-8-11(19(21)22)4-5-12(13)18-14(20)7-10-9-24-15(17-10)3-2-6-16/h4-5,8-9H,2-3,6-7,16H2,1H3,(H,18,20). The molecule has 2 aromatic rings. The molecule has 0 aliphatic rings. The zero-order valence-corrected chi connectivity index (χ0v) is 14.0. The summed E-state index contributed by atoms with van der Waals surface area (Å²) in [5.74, 6) is -0.0303. The molecule has 3 N–H and O–H groups in total. The van der Waals surface area contributed by atoms with Crippen molar-refractivity contribution in [3.63, 3.8) is 0 Å². The first-order chi connectivity index (χ1) is 11.5. The van der Waals surface area contributed by atoms with E-state index in [2.05, 4.69) is 10.3 Å². The zero-order chi connectivity index (χ0) is 17.5. The number of nitrogens with one attached hydrogen (secondary N) is 1. The number of nitrogens with two attached hydrogens (primary N) is 1. The number of aryl methyl sites for hydroxylation is 1. The Kier molecular flexibility index (Phi) is 6.21. The lowest BCUT2D eigenvalue weighted by Crippen LogP contribution is -2.15. The van der Waals surface area contributed by atoms with Crippen LogP contribution in [0.4, 0.5) is 11.4 Å². The summed E-state index contributed by atoms with van der Waals surface area (Å²) in [4.78, 5) is 26.8. The maximum Gasteiger partial charge on any atom is 0.273 e. The molecule has 24 heavy (non-hydrogen) atoms. The van der Waals surface area contributed by atoms with Crippen molar-refractivity contribution in [1.29, 1.82) is 0 Å². The van der Waals surface area contributed by atoms with Gasteiger partial charge in [0.1, 0.15) is 5.75 Å². The number of amides is 1. The van der Waals surface area contributed by atoms with E-state index in [-0.39, 0.29) is 23.8 Å². The van der Waals surface area contributed by atoms with Gasteiger partial charge in [0.2, 0.25) is 5.91 Å². The lowest BCUT2D eigenvalue weighted by atomic mass is 10.2. The second-order valence-corrected chi connectivity index (χ2v) is 5.93. The van der Waals surface area contributed by atoms with Gasteiger partial charge in [-0.25, -0.2) is 4.98 Å². The lowest BCUT2D eigenvalue weighted by Gasteiger charge is -2.09. The minimum absolute atomic E-state index is 0.103. The summed E-state index contributed by atoms with van der Waals surface area (Å²) in [7, 11) is 1.39. The van der Waals surface area contributed by atoms with Crippen LogP contribution in [0.25, 0.3) is 0 Å². The van der Waals surface area contributed by atoms with E-state index in [1.54, 1.807) is 0 Å². The smallest absolute Gasteiger partial charge is 0.273 e. The number of hydrogen-bond acceptors (Lipinski definition) is 7. The molecule has 0 unspecified atom stereocenters. The molecule has 0 radical (unpaired) electrons. The molecule has 1 heterocycles. The molecular formula is C15H18N4O4S. The van der Waals surface area contributed by atoms with Gasteiger partial charge in [-0.15, -0.1) is 11.3 Å². The van der Waals surface area contributed by atoms with E-state index in [9.17, 15) is 14.9 Å². The van der Waals surface area contributed by atoms with E-state index in [0.717, 1.165) is 17.8 Å². The maximum atomic E-state index is 12.1. The Balaban J connectivity index is 2.01. The SMILES string of the molecule is COc1cc([N+](=O)[O-])ccc1NC(=O)Cc1csc(CCCN)n1. The molecule has 0 bridgehead atoms. The van der Waals surface area contributed by atoms with E-state index in [4.69, 9.17) is 10.5 Å². The Bertz CT molecular complexity index is 732. The number of nitro groups is 1. The molecule has 2 rings (SSSR count). The average Bonchev–Trinajstić information content (AvgIpc) is 3.00. The van der Waals surface area contributed by atoms with Gasteiger partial charge in [-0.3, -0.25) is 14.9 Å². The molecular weight excluding hydrogens is 332 g/mol. The first kappa shape index (κ1) is 17.8. The fraction of sp³-hybridized carbons (Fsp3) is 0.333. The third-order valence-electron chi connectivity index (χ3n) is 3.21. The number of methoxy groups -OCH3 is 1. The van der Waals surface area contributed by atoms with Crippen molar-refractivity contribution < 1.29 is 14.5 Å². The molecule has 9 heteroatoms. The van der Waals surface area contributed by atoms with Gasteiger partial charge in [-0.05, 0) is 19.0 Å². The Morgan fingerprint density at radius 1 is 1.50 bits per heavy atom. The molecule has 0 saturated carbocycles. The van der Waals surface area contributed by atoms with Crippen molar-refractivity contribution in [3.05, 3.63) is 44.4 Å². The number of aromatic nitrogens is 1. The number of ether oxygens (including phenoxy) is 1. The normalized spacial score (nSPS) is 10.4. The van der Waals surface area contributed by atoms with Crippen LogP contribution in [0.1, 0.15) is 17.1 Å². The van der Waals surface area contributed by atoms with Crippen LogP contribution < -0.4 is 15.8 Å². The third kappa shape index (κ3) is 4.74. The van der Waals surface area contributed by atoms with Crippen molar-refractivity contribution >= 4 is 28.6 Å². The van der Waals surface area contributed by atoms with E-state index in [1.165, 1.54) is 36.6 Å². The predicted molar refractivity (Wildman–Crippen MR) is 91.5 cm³/mol. The van der Waals surface area contributed by atoms with Gasteiger partial charge in [-0.1, -0.05) is 0 Å². The highest BCUT2D eigenvalue weighted by Crippen LogP contribution is 2.29. The first-order valence-electron chi connectivity index (χ1n) is 7.29. The monoisotopic (exact) mass is 350 g/mol. The van der Waals surface area contributed by atoms with Crippen LogP contribution in [0.15, 0.2) is 23.6 Å². The van der Waals surface area contributed by atoms with Gasteiger partial charge in [0.05, 0.1) is 40.9 Å². The first-order valence-corrected chi connectivity index (χ1v) is 8.17. The number of non-ortho nitro benzene ring substituents is 1. The summed E-state index contributed by atoms with van der Waals surface area (Å²) in [5, 5.41) is 16.3. The van der Waals surface area contributed by atoms with Crippen LogP contribution >= 0.6 is 11.3 Å². The van der Waals surface area contributed by atoms with E-state index < -0.39 is 4.92 Å². The maximum absolute atomic E-state index is 12.1. The Morgan fingerprint density at radius 3 is 2.96 bits per heavy atom. The number of hydrogen-bond donors (Lipinski definition) is 2. The molecule has 1 amide bonds. The highest BCUT2D eigenvalue weighted by Gasteiger charge is 2.14. The quantitative estimate of drug-likeness (QED) is 0.556. The molecule has 128 valence electrons. The largest absolute Gasteiger partial charge is 0.494 e. The molecule has 0 aliphatic heterocycles. The highest BCUT2D eigenvalue weighted by atomic mass is 32.1. The topological polar surface area (TPSA) is 120 Å². The fourth-order valence-corrected chi connectivity index (χ4v) is 2.89. The number of carbonyl (C=O) groups is 1. The van der Waals surface area contributed by atoms with E-state index >= 15 is 0 Å². The van der Waals surface area contributed by atoms with Crippen LogP contribution in [-0.2, 0) is 17.6 Å². The molecule has 0 spiro atoms. The minimum Gasteiger partial charge on any atom is -0.494 e. The summed E-state index contributed by atoms with van der Waals surface area (Å²) in [6.07, 6.45) is 1.79. The van der Waals surface area contributed by atoms with Crippen molar-refractivity contribution in [2.45, 2.75) is 19.3 Å². The molecule has 0 fully saturated rings. The molecule has 0 saturated heterocycles. The number of thiazole rings is 1. The highest BCUT2D eigenvalue weighted by molar-refractivity contribution is 7.09. The summed E-state index contributed by atoms with van der Waals surface area (Å²) < 4.78 is 5.09. The van der Waals surface area contributed by atoms with Crippen LogP contribution in [0.2, 0.25) is 0 Å². The van der Waals surface area contributed by atoms with Crippen molar-refractivity contribution in [2.24, 2.45) is 5.73 Å². The van der Waals surface area contributed by atoms with Gasteiger partial charge in [-0.2, -0.15) is 0 Å². The van der Waals surface area contributed by atoms with E-state index in [0.29, 0.717) is 17.9 Å². The van der Waals surface area contributed by atoms with Gasteiger partial charge >= 0.3 is 0 Å². The van der Waals surface area contributed by atoms with Gasteiger partial charge in [0, 0.05) is 17.9 Å². The molecule has 1 aromatic heterocycles. The van der Waals surface area contributed by atoms with Crippen LogP contribution in [0, 0.1) is 10.1 Å². The van der Waals surface area contributed by atoms with Gasteiger partial charge in [0.25, 0.3) is 5.69 Å². The van der Waals surface area contributed by atoms with E-state index in [1.807, 2.05) is 5.38 Å². The third-order valence-corrected chi connectivity index (χ3v) is 4.16. The van der Waals surface area contributed by atoms with Gasteiger partial charge in [0.15, 0.2) is 0 Å². The van der Waals surface area contributed by atoms with Crippen LogP contribution in [0.5, 0.6) is 5.75 Å². The molecule has 0 aliphatic carbocycles. The number of rotatable bonds is 8. The van der Waals surface area contributed by atoms with Crippen molar-refractivity contribution in [3.8, 4) is 5.75 Å². The summed E-state index contributed by atoms with van der Waals surface area (Å²) in [5.41, 5.74) is 6.43. The predicted octanol–water partition coefficient (Wildman–Crippen LogP) is 2.13. The number of carbonyl (C=O) groups excluding carboxylic acids is 1. The van der Waals surface area contributed by atoms with Crippen LogP contribution in [-0.4, -0.2) is 29.5 Å². The Hall–Kier alpha value is -2.52. The number of nitro benzene ring substituents is 1. The average molecular weight is 350 g/mol. The van der Waals surface area contributed by atoms with Gasteiger partial charge < -0.3 is 15.8 Å². The van der Waals surface area contributed by atoms with Crippen molar-refractivity contribution in [1.82, 2.24) is 4.98 Å². The van der Waals surface area contributed by atoms with Crippen LogP contribution in [0.3, 0.4) is 0 Å². The Labute approximate surface area is 142 Å². The van der Waals surface area contributed by atoms with Crippen molar-refractivity contribution in [2.75, 3.05) is 19.0 Å². The number of anilines is 1. The summed E-state index contributed by atoms with van der Waals surface area (Å²) in [6, 6.07) is 4.03. The minimum atomic E-state index is -0.522. The fourth-order valence-electron chi connectivity index (χ4n) is 2.05. The molecule has 1 aromatic carbocycles. The molecule has 8 nitrogen and oxygen atoms in total. The number of nitrogens with zero attached hydrogens (tertiary/aromatic N) is 2. The Morgan fingerprint density at radius 2 is 2.29 bits per heavy atom. The lowest BCUT2D eigenvalue weighted by molar-refractivity contribution is -0.384. The second-order valence-electron chi connectivity index (χ2n) is 4.99. The molecule has 0 atom stereocenters.